The van der Waals surface area contributed by atoms with Crippen LogP contribution in [0.15, 0.2) is 48.8 Å². The van der Waals surface area contributed by atoms with Gasteiger partial charge in [0.15, 0.2) is 0 Å². The predicted octanol–water partition coefficient (Wildman–Crippen LogP) is 5.85. The molecule has 0 radical (unpaired) electrons. The van der Waals surface area contributed by atoms with Gasteiger partial charge in [0.05, 0.1) is 0 Å². The maximum absolute atomic E-state index is 3.66. The van der Waals surface area contributed by atoms with Gasteiger partial charge in [-0.25, -0.2) is 0 Å². The molecule has 0 aliphatic heterocycles. The monoisotopic (exact) mass is 400 g/mol. The van der Waals surface area contributed by atoms with Gasteiger partial charge in [-0.15, -0.1) is 24.8 Å². The van der Waals surface area contributed by atoms with Gasteiger partial charge in [-0.05, 0) is 0 Å². The van der Waals surface area contributed by atoms with E-state index in [9.17, 15) is 0 Å². The van der Waals surface area contributed by atoms with Gasteiger partial charge in [0.1, 0.15) is 0 Å². The predicted molar refractivity (Wildman–Crippen MR) is 101 cm³/mol. The van der Waals surface area contributed by atoms with E-state index in [1.807, 2.05) is 24.3 Å². The Hall–Kier alpha value is -0.626. The van der Waals surface area contributed by atoms with Crippen LogP contribution < -0.4 is 0 Å². The molecule has 0 N–H and O–H groups in total. The molecule has 2 nitrogen and oxygen atoms in total. The minimum atomic E-state index is 0. The number of nitrogens with zero attached hydrogens (tertiary/aromatic N) is 2. The Labute approximate surface area is 165 Å². The molecular weight excluding hydrogens is 374 g/mol. The molecular formula is C18H28Cl2N2Ni-4. The quantitative estimate of drug-likeness (QED) is 0.409. The Morgan fingerprint density at radius 3 is 0.913 bits per heavy atom. The summed E-state index contributed by atoms with van der Waals surface area (Å²) in [5.41, 5.74) is 0. The summed E-state index contributed by atoms with van der Waals surface area (Å²) in [4.78, 5) is 7.32. The smallest absolute Gasteiger partial charge is 0 e. The molecule has 23 heavy (non-hydrogen) atoms. The topological polar surface area (TPSA) is 25.8 Å². The molecule has 0 saturated carbocycles. The summed E-state index contributed by atoms with van der Waals surface area (Å²) >= 11 is 0. The van der Waals surface area contributed by atoms with Crippen LogP contribution in [0.4, 0.5) is 0 Å². The molecule has 0 bridgehead atoms. The van der Waals surface area contributed by atoms with Crippen molar-refractivity contribution in [3.8, 4) is 0 Å². The van der Waals surface area contributed by atoms with Crippen molar-refractivity contribution >= 4 is 24.8 Å². The first kappa shape index (κ1) is 33.9. The fourth-order valence-electron chi connectivity index (χ4n) is 0.555. The number of halogens is 2. The SMILES string of the molecule is C[C-](C)C.C[C-](C)C.Cl.Cl.[Ni].[c-]1ccccn1.[c-]1ccccn1. The molecule has 0 saturated heterocycles. The minimum absolute atomic E-state index is 0. The van der Waals surface area contributed by atoms with Crippen LogP contribution in [0.25, 0.3) is 0 Å². The zero-order chi connectivity index (χ0) is 15.6. The summed E-state index contributed by atoms with van der Waals surface area (Å²) in [6.45, 7) is 12.5. The summed E-state index contributed by atoms with van der Waals surface area (Å²) in [5.74, 6) is 2.83. The number of pyridine rings is 2. The fourth-order valence-corrected chi connectivity index (χ4v) is 0.555. The zero-order valence-electron chi connectivity index (χ0n) is 14.6. The summed E-state index contributed by atoms with van der Waals surface area (Å²) < 4.78 is 0. The van der Waals surface area contributed by atoms with Crippen molar-refractivity contribution in [2.75, 3.05) is 0 Å². The summed E-state index contributed by atoms with van der Waals surface area (Å²) in [6.07, 6.45) is 8.67. The van der Waals surface area contributed by atoms with E-state index in [1.165, 1.54) is 11.8 Å². The van der Waals surface area contributed by atoms with E-state index in [4.69, 9.17) is 0 Å². The normalized spacial score (nSPS) is 7.30. The van der Waals surface area contributed by atoms with E-state index in [-0.39, 0.29) is 41.3 Å². The Morgan fingerprint density at radius 1 is 0.609 bits per heavy atom. The molecule has 0 amide bonds. The van der Waals surface area contributed by atoms with Crippen molar-refractivity contribution in [3.05, 3.63) is 73.0 Å². The van der Waals surface area contributed by atoms with Crippen molar-refractivity contribution < 1.29 is 16.5 Å². The van der Waals surface area contributed by atoms with Gasteiger partial charge < -0.3 is 21.8 Å². The molecule has 138 valence electrons. The van der Waals surface area contributed by atoms with Crippen LogP contribution in [-0.4, -0.2) is 9.97 Å². The van der Waals surface area contributed by atoms with Crippen LogP contribution in [0.1, 0.15) is 41.5 Å². The molecule has 0 aliphatic rings. The Morgan fingerprint density at radius 2 is 0.870 bits per heavy atom. The van der Waals surface area contributed by atoms with E-state index >= 15 is 0 Å². The Kier molecular flexibility index (Phi) is 43.3. The van der Waals surface area contributed by atoms with Gasteiger partial charge in [-0.3, -0.25) is 0 Å². The van der Waals surface area contributed by atoms with Crippen molar-refractivity contribution in [1.29, 1.82) is 0 Å². The largest absolute Gasteiger partial charge is 0.394 e. The number of hydrogen-bond donors (Lipinski definition) is 0. The second-order valence-electron chi connectivity index (χ2n) is 4.92. The molecule has 0 aliphatic carbocycles. The van der Waals surface area contributed by atoms with Gasteiger partial charge >= 0.3 is 0 Å². The number of rotatable bonds is 0. The van der Waals surface area contributed by atoms with E-state index < -0.39 is 0 Å². The fraction of sp³-hybridized carbons (Fsp3) is 0.333. The third-order valence-electron chi connectivity index (χ3n) is 1.03. The van der Waals surface area contributed by atoms with Gasteiger partial charge in [-0.1, -0.05) is 24.8 Å². The van der Waals surface area contributed by atoms with E-state index in [2.05, 4.69) is 63.9 Å². The maximum Gasteiger partial charge on any atom is 0 e. The van der Waals surface area contributed by atoms with Crippen LogP contribution in [0, 0.1) is 24.2 Å². The molecule has 0 atom stereocenters. The van der Waals surface area contributed by atoms with Crippen molar-refractivity contribution in [3.63, 3.8) is 0 Å². The summed E-state index contributed by atoms with van der Waals surface area (Å²) in [6, 6.07) is 11.0. The first-order valence-electron chi connectivity index (χ1n) is 6.54. The van der Waals surface area contributed by atoms with Crippen LogP contribution >= 0.6 is 24.8 Å². The molecule has 0 spiro atoms. The van der Waals surface area contributed by atoms with Gasteiger partial charge in [0, 0.05) is 16.5 Å². The second-order valence-corrected chi connectivity index (χ2v) is 4.92. The molecule has 2 aromatic rings. The first-order valence-corrected chi connectivity index (χ1v) is 6.54. The molecule has 2 rings (SSSR count). The van der Waals surface area contributed by atoms with Crippen LogP contribution in [-0.2, 0) is 16.5 Å². The van der Waals surface area contributed by atoms with E-state index in [0.717, 1.165) is 0 Å². The van der Waals surface area contributed by atoms with Crippen LogP contribution in [0.3, 0.4) is 0 Å². The third kappa shape index (κ3) is 62.0. The van der Waals surface area contributed by atoms with E-state index in [0.29, 0.717) is 0 Å². The molecule has 5 heteroatoms. The zero-order valence-corrected chi connectivity index (χ0v) is 17.3. The van der Waals surface area contributed by atoms with Crippen molar-refractivity contribution in [2.45, 2.75) is 41.5 Å². The Bertz CT molecular complexity index is 263. The number of aromatic nitrogens is 2. The second kappa shape index (κ2) is 29.4. The van der Waals surface area contributed by atoms with Crippen LogP contribution in [0.5, 0.6) is 0 Å². The van der Waals surface area contributed by atoms with Gasteiger partial charge in [-0.2, -0.15) is 77.9 Å². The van der Waals surface area contributed by atoms with Crippen molar-refractivity contribution in [1.82, 2.24) is 9.97 Å². The third-order valence-corrected chi connectivity index (χ3v) is 1.03. The van der Waals surface area contributed by atoms with Gasteiger partial charge in [0.2, 0.25) is 0 Å². The molecule has 2 aromatic heterocycles. The standard InChI is InChI=1S/2C5H4N.2C4H9.2ClH.Ni/c2*1-2-4-6-5-3-1;2*1-4(2)3;;;/h2*1-4H;2*1-3H3;2*1H;/q4*-1;;;. The van der Waals surface area contributed by atoms with Crippen molar-refractivity contribution in [2.24, 2.45) is 0 Å². The maximum atomic E-state index is 3.66. The molecule has 0 unspecified atom stereocenters. The minimum Gasteiger partial charge on any atom is -0.394 e. The summed E-state index contributed by atoms with van der Waals surface area (Å²) in [5, 5.41) is 0. The number of hydrogen-bond acceptors (Lipinski definition) is 2. The van der Waals surface area contributed by atoms with Gasteiger partial charge in [0.25, 0.3) is 0 Å². The molecule has 2 heterocycles. The van der Waals surface area contributed by atoms with Crippen LogP contribution in [0.2, 0.25) is 0 Å². The molecule has 0 fully saturated rings. The average molecular weight is 402 g/mol. The summed E-state index contributed by atoms with van der Waals surface area (Å²) in [7, 11) is 0. The Balaban J connectivity index is -0.0000000613. The first-order chi connectivity index (χ1) is 9.46. The van der Waals surface area contributed by atoms with E-state index in [1.54, 1.807) is 24.5 Å². The molecule has 0 aromatic carbocycles. The average Bonchev–Trinajstić information content (AvgIpc) is 2.42.